The van der Waals surface area contributed by atoms with Crippen LogP contribution in [0.25, 0.3) is 0 Å². The highest BCUT2D eigenvalue weighted by Crippen LogP contribution is 2.40. The molecule has 0 aromatic carbocycles. The zero-order valence-corrected chi connectivity index (χ0v) is 15.7. The van der Waals surface area contributed by atoms with Crippen LogP contribution >= 0.6 is 0 Å². The van der Waals surface area contributed by atoms with Gasteiger partial charge < -0.3 is 13.3 Å². The lowest BCUT2D eigenvalue weighted by molar-refractivity contribution is -0.00282. The first kappa shape index (κ1) is 18.6. The van der Waals surface area contributed by atoms with Gasteiger partial charge in [0, 0.05) is 18.3 Å². The molecular formula is C17H32O3Si. The Hall–Kier alpha value is -0.423. The molecule has 0 N–H and O–H groups in total. The van der Waals surface area contributed by atoms with Gasteiger partial charge in [0.05, 0.1) is 5.54 Å². The summed E-state index contributed by atoms with van der Waals surface area (Å²) in [6.45, 7) is 14.5. The van der Waals surface area contributed by atoms with Gasteiger partial charge >= 0.3 is 8.80 Å². The van der Waals surface area contributed by atoms with Gasteiger partial charge in [0.25, 0.3) is 0 Å². The van der Waals surface area contributed by atoms with Crippen LogP contribution in [-0.2, 0) is 13.3 Å². The van der Waals surface area contributed by atoms with Crippen LogP contribution in [0, 0.1) is 0 Å². The van der Waals surface area contributed by atoms with Gasteiger partial charge in [0.15, 0.2) is 0 Å². The largest absolute Gasteiger partial charge is 0.509 e. The van der Waals surface area contributed by atoms with Crippen LogP contribution < -0.4 is 0 Å². The van der Waals surface area contributed by atoms with Gasteiger partial charge in [0.1, 0.15) is 0 Å². The normalized spacial score (nSPS) is 17.1. The average molecular weight is 313 g/mol. The molecular weight excluding hydrogens is 280 g/mol. The second-order valence-electron chi connectivity index (χ2n) is 6.44. The van der Waals surface area contributed by atoms with Crippen molar-refractivity contribution in [2.45, 2.75) is 85.2 Å². The molecule has 1 aliphatic carbocycles. The summed E-state index contributed by atoms with van der Waals surface area (Å²) >= 11 is 0. The highest BCUT2D eigenvalue weighted by molar-refractivity contribution is 6.63. The summed E-state index contributed by atoms with van der Waals surface area (Å²) in [6.07, 6.45) is 8.76. The second kappa shape index (κ2) is 8.27. The van der Waals surface area contributed by atoms with E-state index in [-0.39, 0.29) is 23.9 Å². The molecule has 0 spiro atoms. The summed E-state index contributed by atoms with van der Waals surface area (Å²) in [6, 6.07) is 0. The molecule has 0 aromatic heterocycles. The Morgan fingerprint density at radius 1 is 0.952 bits per heavy atom. The minimum Gasteiger partial charge on any atom is -0.371 e. The molecule has 0 amide bonds. The second-order valence-corrected chi connectivity index (χ2v) is 9.05. The van der Waals surface area contributed by atoms with Crippen LogP contribution in [0.5, 0.6) is 0 Å². The molecule has 4 heteroatoms. The summed E-state index contributed by atoms with van der Waals surface area (Å²) < 4.78 is 19.1. The first-order valence-corrected chi connectivity index (χ1v) is 10.00. The van der Waals surface area contributed by atoms with Gasteiger partial charge in [-0.25, -0.2) is 0 Å². The van der Waals surface area contributed by atoms with Crippen LogP contribution in [0.4, 0.5) is 0 Å². The van der Waals surface area contributed by atoms with Crippen molar-refractivity contribution in [2.75, 3.05) is 0 Å². The van der Waals surface area contributed by atoms with Crippen LogP contribution in [-0.4, -0.2) is 27.1 Å². The fourth-order valence-corrected chi connectivity index (χ4v) is 6.58. The van der Waals surface area contributed by atoms with Crippen LogP contribution in [0.3, 0.4) is 0 Å². The highest BCUT2D eigenvalue weighted by Gasteiger charge is 2.52. The molecule has 0 heterocycles. The van der Waals surface area contributed by atoms with Crippen molar-refractivity contribution in [3.63, 3.8) is 0 Å². The first-order valence-electron chi connectivity index (χ1n) is 8.19. The van der Waals surface area contributed by atoms with Crippen molar-refractivity contribution in [2.24, 2.45) is 0 Å². The average Bonchev–Trinajstić information content (AvgIpc) is 2.79. The van der Waals surface area contributed by atoms with E-state index in [1.165, 1.54) is 5.57 Å². The molecule has 0 saturated heterocycles. The number of hydrogen-bond acceptors (Lipinski definition) is 3. The number of hydrogen-bond donors (Lipinski definition) is 0. The number of rotatable bonds is 9. The molecule has 1 unspecified atom stereocenters. The SMILES string of the molecule is CCC(C1=CC=CC1)[Si](OC(C)C)(OC(C)C)OC(C)C. The minimum atomic E-state index is -2.79. The molecule has 0 aliphatic heterocycles. The smallest absolute Gasteiger partial charge is 0.371 e. The first-order chi connectivity index (χ1) is 9.80. The Morgan fingerprint density at radius 3 is 1.71 bits per heavy atom. The van der Waals surface area contributed by atoms with Crippen LogP contribution in [0.2, 0.25) is 5.54 Å². The predicted octanol–water partition coefficient (Wildman–Crippen LogP) is 4.87. The Bertz CT molecular complexity index is 346. The Morgan fingerprint density at radius 2 is 1.43 bits per heavy atom. The van der Waals surface area contributed by atoms with Crippen molar-refractivity contribution in [3.8, 4) is 0 Å². The third-order valence-corrected chi connectivity index (χ3v) is 7.31. The van der Waals surface area contributed by atoms with E-state index in [2.05, 4.69) is 66.7 Å². The molecule has 0 saturated carbocycles. The van der Waals surface area contributed by atoms with E-state index in [4.69, 9.17) is 13.3 Å². The topological polar surface area (TPSA) is 27.7 Å². The van der Waals surface area contributed by atoms with Crippen LogP contribution in [0.1, 0.15) is 61.3 Å². The van der Waals surface area contributed by atoms with Gasteiger partial charge in [-0.3, -0.25) is 0 Å². The van der Waals surface area contributed by atoms with Crippen molar-refractivity contribution < 1.29 is 13.3 Å². The molecule has 1 aliphatic rings. The van der Waals surface area contributed by atoms with E-state index < -0.39 is 8.80 Å². The van der Waals surface area contributed by atoms with Crippen molar-refractivity contribution in [3.05, 3.63) is 23.8 Å². The van der Waals surface area contributed by atoms with Gasteiger partial charge in [-0.05, 0) is 54.4 Å². The molecule has 0 radical (unpaired) electrons. The lowest BCUT2D eigenvalue weighted by atomic mass is 10.1. The molecule has 1 atom stereocenters. The molecule has 21 heavy (non-hydrogen) atoms. The molecule has 122 valence electrons. The quantitative estimate of drug-likeness (QED) is 0.569. The van der Waals surface area contributed by atoms with Crippen LogP contribution in [0.15, 0.2) is 23.8 Å². The molecule has 0 bridgehead atoms. The Kier molecular flexibility index (Phi) is 7.34. The van der Waals surface area contributed by atoms with E-state index >= 15 is 0 Å². The molecule has 3 nitrogen and oxygen atoms in total. The maximum atomic E-state index is 6.35. The predicted molar refractivity (Wildman–Crippen MR) is 90.3 cm³/mol. The third kappa shape index (κ3) is 5.36. The fraction of sp³-hybridized carbons (Fsp3) is 0.765. The van der Waals surface area contributed by atoms with Gasteiger partial charge in [-0.2, -0.15) is 0 Å². The summed E-state index contributed by atoms with van der Waals surface area (Å²) in [5, 5.41) is 0. The monoisotopic (exact) mass is 312 g/mol. The Balaban J connectivity index is 3.15. The molecule has 0 fully saturated rings. The summed E-state index contributed by atoms with van der Waals surface area (Å²) in [5.74, 6) is 0. The Labute approximate surface area is 131 Å². The summed E-state index contributed by atoms with van der Waals surface area (Å²) in [4.78, 5) is 0. The van der Waals surface area contributed by atoms with Crippen molar-refractivity contribution in [1.29, 1.82) is 0 Å². The summed E-state index contributed by atoms with van der Waals surface area (Å²) in [5.41, 5.74) is 1.62. The zero-order chi connectivity index (χ0) is 16.0. The van der Waals surface area contributed by atoms with E-state index in [0.29, 0.717) is 0 Å². The van der Waals surface area contributed by atoms with Gasteiger partial charge in [-0.1, -0.05) is 30.7 Å². The lowest BCUT2D eigenvalue weighted by Crippen LogP contribution is -2.54. The standard InChI is InChI=1S/C17H32O3Si/c1-8-17(16-11-9-10-12-16)21(18-13(2)3,19-14(4)5)20-15(6)7/h9-11,13-15,17H,8,12H2,1-7H3. The van der Waals surface area contributed by atoms with E-state index in [9.17, 15) is 0 Å². The maximum Gasteiger partial charge on any atom is 0.509 e. The van der Waals surface area contributed by atoms with E-state index in [1.54, 1.807) is 0 Å². The van der Waals surface area contributed by atoms with Crippen molar-refractivity contribution in [1.82, 2.24) is 0 Å². The lowest BCUT2D eigenvalue weighted by Gasteiger charge is -2.40. The fourth-order valence-electron chi connectivity index (χ4n) is 2.78. The van der Waals surface area contributed by atoms with E-state index in [0.717, 1.165) is 12.8 Å². The van der Waals surface area contributed by atoms with Crippen molar-refractivity contribution >= 4 is 8.80 Å². The summed E-state index contributed by atoms with van der Waals surface area (Å²) in [7, 11) is -2.79. The third-order valence-electron chi connectivity index (χ3n) is 3.28. The van der Waals surface area contributed by atoms with Gasteiger partial charge in [-0.15, -0.1) is 0 Å². The highest BCUT2D eigenvalue weighted by atomic mass is 28.4. The van der Waals surface area contributed by atoms with Gasteiger partial charge in [0.2, 0.25) is 0 Å². The maximum absolute atomic E-state index is 6.35. The number of allylic oxidation sites excluding steroid dienone is 4. The molecule has 0 aromatic rings. The molecule has 1 rings (SSSR count). The minimum absolute atomic E-state index is 0.0955. The zero-order valence-electron chi connectivity index (χ0n) is 14.7. The van der Waals surface area contributed by atoms with E-state index in [1.807, 2.05) is 0 Å².